The van der Waals surface area contributed by atoms with Gasteiger partial charge in [0.2, 0.25) is 6.29 Å². The number of rotatable bonds is 10. The first-order valence-electron chi connectivity index (χ1n) is 6.27. The van der Waals surface area contributed by atoms with Gasteiger partial charge in [0.05, 0.1) is 6.61 Å². The molecule has 0 bridgehead atoms. The van der Waals surface area contributed by atoms with Crippen molar-refractivity contribution in [1.29, 1.82) is 0 Å². The molecule has 0 saturated heterocycles. The first-order valence-corrected chi connectivity index (χ1v) is 6.27. The van der Waals surface area contributed by atoms with Crippen molar-refractivity contribution in [3.63, 3.8) is 0 Å². The van der Waals surface area contributed by atoms with E-state index < -0.39 is 0 Å². The normalized spacial score (nSPS) is 12.1. The Morgan fingerprint density at radius 2 is 1.88 bits per heavy atom. The Labute approximate surface area is 98.6 Å². The molecule has 1 atom stereocenters. The van der Waals surface area contributed by atoms with Gasteiger partial charge in [0.25, 0.3) is 0 Å². The van der Waals surface area contributed by atoms with Gasteiger partial charge in [-0.2, -0.15) is 0 Å². The lowest BCUT2D eigenvalue weighted by Gasteiger charge is -2.08. The smallest absolute Gasteiger partial charge is 0.305 e. The van der Waals surface area contributed by atoms with E-state index in [1.807, 2.05) is 0 Å². The predicted octanol–water partition coefficient (Wildman–Crippen LogP) is 3.03. The standard InChI is InChI=1S/C13H23O3/c1-3-5-6-8-12(11-14)9-7-10-16-13(15)4-2/h12H,3-10H2,1-2H3. The van der Waals surface area contributed by atoms with E-state index in [1.165, 1.54) is 12.8 Å². The Balaban J connectivity index is 3.47. The van der Waals surface area contributed by atoms with Crippen molar-refractivity contribution in [3.8, 4) is 0 Å². The highest BCUT2D eigenvalue weighted by atomic mass is 16.5. The maximum atomic E-state index is 10.8. The second-order valence-corrected chi connectivity index (χ2v) is 4.03. The minimum Gasteiger partial charge on any atom is -0.466 e. The molecule has 3 nitrogen and oxygen atoms in total. The van der Waals surface area contributed by atoms with Crippen LogP contribution in [0.25, 0.3) is 0 Å². The molecule has 0 heterocycles. The van der Waals surface area contributed by atoms with Crippen LogP contribution < -0.4 is 0 Å². The predicted molar refractivity (Wildman–Crippen MR) is 63.8 cm³/mol. The van der Waals surface area contributed by atoms with Crippen LogP contribution in [0.1, 0.15) is 58.8 Å². The highest BCUT2D eigenvalue weighted by molar-refractivity contribution is 5.68. The topological polar surface area (TPSA) is 43.4 Å². The van der Waals surface area contributed by atoms with Crippen LogP contribution in [0.5, 0.6) is 0 Å². The molecule has 0 saturated carbocycles. The molecule has 0 aromatic carbocycles. The molecule has 0 spiro atoms. The molecular weight excluding hydrogens is 204 g/mol. The third kappa shape index (κ3) is 8.45. The highest BCUT2D eigenvalue weighted by Crippen LogP contribution is 2.13. The highest BCUT2D eigenvalue weighted by Gasteiger charge is 2.08. The minimum absolute atomic E-state index is 0.0203. The summed E-state index contributed by atoms with van der Waals surface area (Å²) in [6.07, 6.45) is 8.37. The molecule has 0 rings (SSSR count). The van der Waals surface area contributed by atoms with Gasteiger partial charge >= 0.3 is 5.97 Å². The van der Waals surface area contributed by atoms with Crippen LogP contribution in [0.15, 0.2) is 0 Å². The van der Waals surface area contributed by atoms with Crippen molar-refractivity contribution < 1.29 is 14.3 Å². The van der Waals surface area contributed by atoms with E-state index in [-0.39, 0.29) is 11.9 Å². The van der Waals surface area contributed by atoms with Crippen molar-refractivity contribution in [2.75, 3.05) is 6.61 Å². The largest absolute Gasteiger partial charge is 0.466 e. The maximum Gasteiger partial charge on any atom is 0.305 e. The number of ether oxygens (including phenoxy) is 1. The van der Waals surface area contributed by atoms with Gasteiger partial charge in [-0.3, -0.25) is 9.59 Å². The number of unbranched alkanes of at least 4 members (excludes halogenated alkanes) is 2. The fourth-order valence-corrected chi connectivity index (χ4v) is 1.52. The summed E-state index contributed by atoms with van der Waals surface area (Å²) in [6, 6.07) is 0. The van der Waals surface area contributed by atoms with Crippen LogP contribution >= 0.6 is 0 Å². The number of hydrogen-bond acceptors (Lipinski definition) is 3. The van der Waals surface area contributed by atoms with Crippen molar-refractivity contribution >= 4 is 12.3 Å². The SMILES string of the molecule is CCCCCC([C]=O)CCCOC(=O)CC. The molecule has 0 aliphatic rings. The fourth-order valence-electron chi connectivity index (χ4n) is 1.52. The first-order chi connectivity index (χ1) is 7.74. The molecule has 1 radical (unpaired) electrons. The Morgan fingerprint density at radius 1 is 1.19 bits per heavy atom. The van der Waals surface area contributed by atoms with Gasteiger partial charge in [0, 0.05) is 12.3 Å². The van der Waals surface area contributed by atoms with Gasteiger partial charge in [0.15, 0.2) is 0 Å². The molecule has 0 aliphatic carbocycles. The van der Waals surface area contributed by atoms with Crippen LogP contribution in [0.3, 0.4) is 0 Å². The van der Waals surface area contributed by atoms with Crippen LogP contribution in [0, 0.1) is 5.92 Å². The molecule has 93 valence electrons. The number of carbonyl (C=O) groups is 1. The first kappa shape index (κ1) is 15.1. The van der Waals surface area contributed by atoms with E-state index in [0.29, 0.717) is 13.0 Å². The molecular formula is C13H23O3. The third-order valence-corrected chi connectivity index (χ3v) is 2.57. The van der Waals surface area contributed by atoms with E-state index >= 15 is 0 Å². The maximum absolute atomic E-state index is 10.8. The summed E-state index contributed by atoms with van der Waals surface area (Å²) in [6.45, 7) is 4.34. The second kappa shape index (κ2) is 10.7. The summed E-state index contributed by atoms with van der Waals surface area (Å²) in [4.78, 5) is 21.5. The lowest BCUT2D eigenvalue weighted by atomic mass is 9.98. The summed E-state index contributed by atoms with van der Waals surface area (Å²) in [5.74, 6) is -0.149. The lowest BCUT2D eigenvalue weighted by molar-refractivity contribution is -0.143. The zero-order chi connectivity index (χ0) is 12.2. The zero-order valence-corrected chi connectivity index (χ0v) is 10.5. The van der Waals surface area contributed by atoms with Gasteiger partial charge < -0.3 is 4.74 Å². The molecule has 0 aromatic heterocycles. The number of carbonyl (C=O) groups excluding carboxylic acids is 2. The quantitative estimate of drug-likeness (QED) is 0.425. The second-order valence-electron chi connectivity index (χ2n) is 4.03. The van der Waals surface area contributed by atoms with Gasteiger partial charge in [-0.1, -0.05) is 33.1 Å². The molecule has 16 heavy (non-hydrogen) atoms. The van der Waals surface area contributed by atoms with Crippen LogP contribution in [0.4, 0.5) is 0 Å². The Kier molecular flexibility index (Phi) is 10.1. The van der Waals surface area contributed by atoms with Crippen molar-refractivity contribution in [2.24, 2.45) is 5.92 Å². The van der Waals surface area contributed by atoms with Crippen molar-refractivity contribution in [1.82, 2.24) is 0 Å². The van der Waals surface area contributed by atoms with E-state index in [2.05, 4.69) is 13.2 Å². The van der Waals surface area contributed by atoms with Crippen molar-refractivity contribution in [2.45, 2.75) is 58.8 Å². The molecule has 0 fully saturated rings. The van der Waals surface area contributed by atoms with Gasteiger partial charge in [-0.15, -0.1) is 0 Å². The summed E-state index contributed by atoms with van der Waals surface area (Å²) < 4.78 is 4.94. The average molecular weight is 227 g/mol. The molecule has 3 heteroatoms. The zero-order valence-electron chi connectivity index (χ0n) is 10.5. The third-order valence-electron chi connectivity index (χ3n) is 2.57. The minimum atomic E-state index is -0.169. The van der Waals surface area contributed by atoms with Crippen LogP contribution in [0.2, 0.25) is 0 Å². The summed E-state index contributed by atoms with van der Waals surface area (Å²) in [5.41, 5.74) is 0. The van der Waals surface area contributed by atoms with Gasteiger partial charge in [0.1, 0.15) is 0 Å². The van der Waals surface area contributed by atoms with E-state index in [4.69, 9.17) is 4.74 Å². The van der Waals surface area contributed by atoms with Crippen molar-refractivity contribution in [3.05, 3.63) is 0 Å². The van der Waals surface area contributed by atoms with E-state index in [0.717, 1.165) is 25.7 Å². The number of hydrogen-bond donors (Lipinski definition) is 0. The Bertz CT molecular complexity index is 190. The van der Waals surface area contributed by atoms with Gasteiger partial charge in [-0.25, -0.2) is 0 Å². The number of esters is 1. The van der Waals surface area contributed by atoms with E-state index in [9.17, 15) is 9.59 Å². The summed E-state index contributed by atoms with van der Waals surface area (Å²) >= 11 is 0. The molecule has 0 amide bonds. The average Bonchev–Trinajstić information content (AvgIpc) is 2.31. The lowest BCUT2D eigenvalue weighted by Crippen LogP contribution is -2.07. The summed E-state index contributed by atoms with van der Waals surface area (Å²) in [5, 5.41) is 0. The molecule has 0 aromatic rings. The molecule has 0 aliphatic heterocycles. The Hall–Kier alpha value is -0.860. The monoisotopic (exact) mass is 227 g/mol. The van der Waals surface area contributed by atoms with Crippen LogP contribution in [-0.2, 0) is 14.3 Å². The van der Waals surface area contributed by atoms with Gasteiger partial charge in [-0.05, 0) is 19.3 Å². The Morgan fingerprint density at radius 3 is 2.44 bits per heavy atom. The van der Waals surface area contributed by atoms with Crippen LogP contribution in [-0.4, -0.2) is 18.9 Å². The fraction of sp³-hybridized carbons (Fsp3) is 0.846. The van der Waals surface area contributed by atoms with E-state index in [1.54, 1.807) is 6.92 Å². The molecule has 1 unspecified atom stereocenters. The summed E-state index contributed by atoms with van der Waals surface area (Å²) in [7, 11) is 0. The molecule has 0 N–H and O–H groups in total.